The van der Waals surface area contributed by atoms with Gasteiger partial charge in [0.25, 0.3) is 5.91 Å². The Hall–Kier alpha value is -8.56. The van der Waals surface area contributed by atoms with Gasteiger partial charge in [0.15, 0.2) is 0 Å². The van der Waals surface area contributed by atoms with Crippen LogP contribution < -0.4 is 20.5 Å². The number of nitrogens with two attached hydrogens (primary N) is 1. The molecule has 0 aliphatic heterocycles. The quantitative estimate of drug-likeness (QED) is 0.0473. The van der Waals surface area contributed by atoms with Gasteiger partial charge in [0.05, 0.1) is 83.3 Å². The van der Waals surface area contributed by atoms with Crippen molar-refractivity contribution in [1.82, 2.24) is 45.5 Å². The lowest BCUT2D eigenvalue weighted by atomic mass is 9.84. The number of aromatic amines is 2. The Labute approximate surface area is 493 Å². The lowest BCUT2D eigenvalue weighted by Crippen LogP contribution is -2.28. The number of ether oxygens (including phenoxy) is 2. The smallest absolute Gasteiger partial charge is 0.335 e. The first-order chi connectivity index (χ1) is 40.2. The molecule has 20 nitrogen and oxygen atoms in total. The molecule has 85 heavy (non-hydrogen) atoms. The van der Waals surface area contributed by atoms with Crippen molar-refractivity contribution in [2.24, 2.45) is 5.73 Å². The van der Waals surface area contributed by atoms with Crippen LogP contribution in [0, 0.1) is 41.5 Å². The van der Waals surface area contributed by atoms with Crippen LogP contribution in [-0.2, 0) is 10.8 Å². The van der Waals surface area contributed by atoms with Gasteiger partial charge in [-0.3, -0.25) is 4.79 Å². The fourth-order valence-corrected chi connectivity index (χ4v) is 10.3. The first kappa shape index (κ1) is 62.5. The Bertz CT molecular complexity index is 4060. The summed E-state index contributed by atoms with van der Waals surface area (Å²) in [6.07, 6.45) is 0.752. The topological polar surface area (TPSA) is 307 Å². The Kier molecular flexibility index (Phi) is 18.6. The van der Waals surface area contributed by atoms with Crippen LogP contribution >= 0.6 is 0 Å². The third-order valence-electron chi connectivity index (χ3n) is 15.0. The Morgan fingerprint density at radius 3 is 1.45 bits per heavy atom. The summed E-state index contributed by atoms with van der Waals surface area (Å²) in [7, 11) is 3.27. The van der Waals surface area contributed by atoms with Gasteiger partial charge >= 0.3 is 5.97 Å². The highest BCUT2D eigenvalue weighted by atomic mass is 16.5. The number of hydrogen-bond donors (Lipinski definition) is 8. The second-order valence-electron chi connectivity index (χ2n) is 23.5. The Balaban J connectivity index is 0.000000201. The van der Waals surface area contributed by atoms with E-state index in [1.165, 1.54) is 0 Å². The first-order valence-corrected chi connectivity index (χ1v) is 28.3. The van der Waals surface area contributed by atoms with E-state index in [1.807, 2.05) is 90.9 Å². The van der Waals surface area contributed by atoms with E-state index in [9.17, 15) is 19.8 Å². The summed E-state index contributed by atoms with van der Waals surface area (Å²) in [5, 5.41) is 51.8. The van der Waals surface area contributed by atoms with E-state index >= 15 is 0 Å². The van der Waals surface area contributed by atoms with Crippen molar-refractivity contribution in [3.8, 4) is 56.3 Å². The van der Waals surface area contributed by atoms with Crippen LogP contribution in [0.3, 0.4) is 0 Å². The van der Waals surface area contributed by atoms with E-state index in [0.717, 1.165) is 101 Å². The molecule has 0 fully saturated rings. The molecule has 1 amide bonds. The number of methoxy groups -OCH3 is 2. The lowest BCUT2D eigenvalue weighted by Gasteiger charge is -2.21. The molecule has 6 heterocycles. The van der Waals surface area contributed by atoms with E-state index in [0.29, 0.717) is 69.5 Å². The highest BCUT2D eigenvalue weighted by Gasteiger charge is 2.26. The van der Waals surface area contributed by atoms with Gasteiger partial charge in [0.1, 0.15) is 46.0 Å². The van der Waals surface area contributed by atoms with Crippen molar-refractivity contribution in [1.29, 1.82) is 0 Å². The number of carbonyl (C=O) groups is 2. The van der Waals surface area contributed by atoms with Gasteiger partial charge in [-0.15, -0.1) is 0 Å². The van der Waals surface area contributed by atoms with E-state index in [1.54, 1.807) is 26.4 Å². The molecule has 6 aromatic heterocycles. The number of aromatic carboxylic acids is 1. The molecule has 4 aromatic carbocycles. The van der Waals surface area contributed by atoms with Gasteiger partial charge in [-0.2, -0.15) is 0 Å². The summed E-state index contributed by atoms with van der Waals surface area (Å²) in [6.45, 7) is 26.1. The van der Waals surface area contributed by atoms with Crippen LogP contribution in [0.25, 0.3) is 88.6 Å². The molecule has 0 aliphatic carbocycles. The number of carboxylic acids is 1. The van der Waals surface area contributed by atoms with Gasteiger partial charge in [-0.1, -0.05) is 58.8 Å². The standard InChI is InChI=1S/C32H37N5O5.C28H28N4O4.C5H13NO/c1-16-27(17(2)42-37-16)24-13-25-23(14-26(24)41-7)28-29(34-18(3)35-30(28)36-25)19-10-20(12-21(11-19)32(4,5)6)31(40)33-9-8-22(39)15-38;1-13-23(14(2)36-32-13)20-11-21-19(12-22(20)35-7)24-25(29-15(3)30-26(24)31-21)16-8-17(27(33)34)10-18(9-16)28(4,5)6;1-2-5(7)3-4-6/h10-14,22,38-39H,8-9,15H2,1-7H3,(H,33,40)(H,34,35,36);8-12H,1-7H3,(H,33,34)(H,29,30,31);5,7H,2-4,6H2,1H3/t22-;;5-/m0.1/s1. The van der Waals surface area contributed by atoms with E-state index < -0.39 is 12.1 Å². The number of rotatable bonds is 15. The normalized spacial score (nSPS) is 12.5. The molecule has 2 atom stereocenters. The molecular formula is C65H78N10O10. The number of aryl methyl sites for hydroxylation is 6. The van der Waals surface area contributed by atoms with Gasteiger partial charge in [0, 0.05) is 56.2 Å². The molecular weight excluding hydrogens is 1080 g/mol. The second kappa shape index (κ2) is 25.3. The predicted octanol–water partition coefficient (Wildman–Crippen LogP) is 11.6. The maximum absolute atomic E-state index is 13.2. The number of fused-ring (bicyclic) bond motifs is 6. The number of carbonyl (C=O) groups excluding carboxylic acids is 1. The third kappa shape index (κ3) is 13.4. The molecule has 9 N–H and O–H groups in total. The molecule has 0 saturated heterocycles. The number of H-pyrrole nitrogens is 2. The zero-order valence-electron chi connectivity index (χ0n) is 51.2. The zero-order valence-corrected chi connectivity index (χ0v) is 51.2. The van der Waals surface area contributed by atoms with Crippen molar-refractivity contribution in [3.63, 3.8) is 0 Å². The second-order valence-corrected chi connectivity index (χ2v) is 23.5. The summed E-state index contributed by atoms with van der Waals surface area (Å²) in [5.74, 6) is 2.67. The number of benzene rings is 4. The molecule has 20 heteroatoms. The summed E-state index contributed by atoms with van der Waals surface area (Å²) < 4.78 is 22.5. The fourth-order valence-electron chi connectivity index (χ4n) is 10.3. The molecule has 448 valence electrons. The minimum absolute atomic E-state index is 0.176. The Morgan fingerprint density at radius 2 is 1.08 bits per heavy atom. The number of nitrogens with zero attached hydrogens (tertiary/aromatic N) is 6. The average molecular weight is 1160 g/mol. The maximum atomic E-state index is 13.2. The number of nitrogens with one attached hydrogen (secondary N) is 3. The van der Waals surface area contributed by atoms with Gasteiger partial charge < -0.3 is 60.0 Å². The van der Waals surface area contributed by atoms with Crippen LogP contribution in [0.4, 0.5) is 0 Å². The van der Waals surface area contributed by atoms with E-state index in [4.69, 9.17) is 49.4 Å². The first-order valence-electron chi connectivity index (χ1n) is 28.3. The van der Waals surface area contributed by atoms with Crippen molar-refractivity contribution in [3.05, 3.63) is 117 Å². The van der Waals surface area contributed by atoms with Gasteiger partial charge in [-0.25, -0.2) is 24.7 Å². The van der Waals surface area contributed by atoms with Crippen LogP contribution in [0.15, 0.2) is 69.7 Å². The highest BCUT2D eigenvalue weighted by molar-refractivity contribution is 6.15. The summed E-state index contributed by atoms with van der Waals surface area (Å²) >= 11 is 0. The molecule has 10 rings (SSSR count). The molecule has 10 aromatic rings. The van der Waals surface area contributed by atoms with Crippen LogP contribution in [0.5, 0.6) is 11.5 Å². The maximum Gasteiger partial charge on any atom is 0.335 e. The number of aromatic nitrogens is 8. The van der Waals surface area contributed by atoms with Crippen LogP contribution in [-0.4, -0.2) is 119 Å². The molecule has 0 spiro atoms. The number of carboxylic acid groups (broad SMARTS) is 1. The summed E-state index contributed by atoms with van der Waals surface area (Å²) in [6, 6.07) is 19.2. The number of hydrogen-bond acceptors (Lipinski definition) is 16. The minimum Gasteiger partial charge on any atom is -0.496 e. The van der Waals surface area contributed by atoms with Crippen molar-refractivity contribution in [2.45, 2.75) is 132 Å². The lowest BCUT2D eigenvalue weighted by molar-refractivity contribution is 0.0696. The minimum atomic E-state index is -0.978. The average Bonchev–Trinajstić information content (AvgIpc) is 2.36. The van der Waals surface area contributed by atoms with Crippen LogP contribution in [0.1, 0.15) is 134 Å². The molecule has 0 saturated carbocycles. The number of aliphatic hydroxyl groups excluding tert-OH is 3. The molecule has 0 bridgehead atoms. The third-order valence-corrected chi connectivity index (χ3v) is 15.0. The van der Waals surface area contributed by atoms with Crippen molar-refractivity contribution in [2.75, 3.05) is 33.9 Å². The largest absolute Gasteiger partial charge is 0.496 e. The summed E-state index contributed by atoms with van der Waals surface area (Å²) in [4.78, 5) is 51.1. The zero-order chi connectivity index (χ0) is 62.0. The SMILES string of the molecule is CC[C@@H](O)CCN.COc1cc2c(cc1-c1c(C)noc1C)[nH]c1nc(C)nc(-c3cc(C(=O)NCC[C@H](O)CO)cc(C(C)(C)C)c3)c12.COc1cc2c(cc1-c1c(C)noc1C)[nH]c1nc(C)nc(-c3cc(C(=O)O)cc(C(C)(C)C)c3)c12. The van der Waals surface area contributed by atoms with E-state index in [2.05, 4.69) is 78.2 Å². The van der Waals surface area contributed by atoms with Crippen LogP contribution in [0.2, 0.25) is 0 Å². The summed E-state index contributed by atoms with van der Waals surface area (Å²) in [5.41, 5.74) is 18.2. The highest BCUT2D eigenvalue weighted by Crippen LogP contribution is 2.44. The number of amides is 1. The molecule has 0 radical (unpaired) electrons. The molecule has 0 unspecified atom stereocenters. The van der Waals surface area contributed by atoms with Crippen molar-refractivity contribution < 1.29 is 48.5 Å². The van der Waals surface area contributed by atoms with Crippen molar-refractivity contribution >= 4 is 55.7 Å². The number of aliphatic hydroxyl groups is 3. The van der Waals surface area contributed by atoms with Gasteiger partial charge in [0.2, 0.25) is 0 Å². The Morgan fingerprint density at radius 1 is 0.635 bits per heavy atom. The monoisotopic (exact) mass is 1160 g/mol. The fraction of sp³-hybridized carbons (Fsp3) is 0.385. The van der Waals surface area contributed by atoms with Gasteiger partial charge in [-0.05, 0) is 150 Å². The predicted molar refractivity (Wildman–Crippen MR) is 331 cm³/mol. The van der Waals surface area contributed by atoms with E-state index in [-0.39, 0.29) is 48.0 Å². The molecule has 0 aliphatic rings.